The molecule has 1 aliphatic heterocycles. The van der Waals surface area contributed by atoms with Crippen molar-refractivity contribution < 1.29 is 37.3 Å². The number of ether oxygens (including phenoxy) is 2. The number of nitrogens with one attached hydrogen (secondary N) is 2. The number of rotatable bonds is 12. The number of β-amino-alcohol motifs (C(OH)–C–C–N with tert-alkyl or cyclic N) is 1. The van der Waals surface area contributed by atoms with Crippen LogP contribution < -0.4 is 21.1 Å². The molecule has 0 bridgehead atoms. The highest BCUT2D eigenvalue weighted by atomic mass is 32.1. The zero-order chi connectivity index (χ0) is 26.9. The normalized spacial score (nSPS) is 14.8. The van der Waals surface area contributed by atoms with Crippen molar-refractivity contribution in [2.75, 3.05) is 44.7 Å². The van der Waals surface area contributed by atoms with Gasteiger partial charge in [-0.3, -0.25) is 15.0 Å². The summed E-state index contributed by atoms with van der Waals surface area (Å²) in [6.07, 6.45) is 1.45. The number of hydrogen-bond acceptors (Lipinski definition) is 8. The van der Waals surface area contributed by atoms with Crippen LogP contribution in [0, 0.1) is 24.4 Å². The second-order valence-electron chi connectivity index (χ2n) is 8.57. The molecule has 2 heterocycles. The number of hydrogen-bond donors (Lipinski definition) is 4. The van der Waals surface area contributed by atoms with Crippen molar-refractivity contribution in [2.45, 2.75) is 38.9 Å². The average Bonchev–Trinajstić information content (AvgIpc) is 3.25. The molecule has 0 saturated carbocycles. The van der Waals surface area contributed by atoms with Crippen molar-refractivity contribution in [2.24, 2.45) is 5.73 Å². The van der Waals surface area contributed by atoms with Gasteiger partial charge in [0.05, 0.1) is 24.9 Å². The number of benzene rings is 1. The maximum absolute atomic E-state index is 14.1. The van der Waals surface area contributed by atoms with E-state index in [0.717, 1.165) is 19.2 Å². The summed E-state index contributed by atoms with van der Waals surface area (Å²) in [7, 11) is 0. The SMILES string of the molecule is Cc1cc(F)c(COc2nsc(NC(=O)NCCCCC(O)CN3CCOCC3)c2C(N)=O)c(F)c1F. The van der Waals surface area contributed by atoms with Crippen LogP contribution in [0.2, 0.25) is 0 Å². The molecule has 3 amide bonds. The molecule has 204 valence electrons. The summed E-state index contributed by atoms with van der Waals surface area (Å²) in [6, 6.07) is 0.208. The Kier molecular flexibility index (Phi) is 10.5. The molecule has 1 saturated heterocycles. The summed E-state index contributed by atoms with van der Waals surface area (Å²) >= 11 is 0.690. The van der Waals surface area contributed by atoms with Crippen LogP contribution >= 0.6 is 11.5 Å². The lowest BCUT2D eigenvalue weighted by atomic mass is 10.1. The monoisotopic (exact) mass is 545 g/mol. The fourth-order valence-electron chi connectivity index (χ4n) is 3.73. The molecule has 0 radical (unpaired) electrons. The summed E-state index contributed by atoms with van der Waals surface area (Å²) in [5, 5.41) is 15.2. The van der Waals surface area contributed by atoms with Crippen LogP contribution in [0.4, 0.5) is 23.0 Å². The van der Waals surface area contributed by atoms with Crippen LogP contribution in [-0.2, 0) is 11.3 Å². The number of anilines is 1. The highest BCUT2D eigenvalue weighted by Crippen LogP contribution is 2.31. The Balaban J connectivity index is 1.46. The molecule has 1 atom stereocenters. The lowest BCUT2D eigenvalue weighted by Gasteiger charge is -2.28. The largest absolute Gasteiger partial charge is 0.471 e. The number of urea groups is 1. The number of nitrogens with two attached hydrogens (primary N) is 1. The van der Waals surface area contributed by atoms with Crippen LogP contribution in [-0.4, -0.2) is 71.8 Å². The Bertz CT molecular complexity index is 1100. The van der Waals surface area contributed by atoms with E-state index in [1.807, 2.05) is 0 Å². The number of halogens is 3. The van der Waals surface area contributed by atoms with Crippen molar-refractivity contribution in [3.05, 3.63) is 40.2 Å². The van der Waals surface area contributed by atoms with Gasteiger partial charge in [-0.05, 0) is 49.3 Å². The van der Waals surface area contributed by atoms with Gasteiger partial charge in [0.1, 0.15) is 23.0 Å². The summed E-state index contributed by atoms with van der Waals surface area (Å²) < 4.78 is 56.3. The number of aliphatic hydroxyl groups is 1. The van der Waals surface area contributed by atoms with Crippen LogP contribution in [0.3, 0.4) is 0 Å². The first-order valence-electron chi connectivity index (χ1n) is 11.8. The number of unbranched alkanes of at least 4 members (excludes halogenated alkanes) is 1. The molecular formula is C23H30F3N5O5S. The van der Waals surface area contributed by atoms with Gasteiger partial charge in [0.15, 0.2) is 11.6 Å². The third-order valence-corrected chi connectivity index (χ3v) is 6.49. The molecule has 37 heavy (non-hydrogen) atoms. The Morgan fingerprint density at radius 3 is 2.70 bits per heavy atom. The van der Waals surface area contributed by atoms with Gasteiger partial charge in [-0.25, -0.2) is 18.0 Å². The average molecular weight is 546 g/mol. The number of aliphatic hydroxyl groups excluding tert-OH is 1. The lowest BCUT2D eigenvalue weighted by molar-refractivity contribution is 0.0128. The van der Waals surface area contributed by atoms with E-state index in [9.17, 15) is 27.9 Å². The van der Waals surface area contributed by atoms with Crippen molar-refractivity contribution in [1.29, 1.82) is 0 Å². The first-order chi connectivity index (χ1) is 17.7. The third-order valence-electron chi connectivity index (χ3n) is 5.75. The van der Waals surface area contributed by atoms with E-state index >= 15 is 0 Å². The summed E-state index contributed by atoms with van der Waals surface area (Å²) in [4.78, 5) is 26.3. The van der Waals surface area contributed by atoms with Gasteiger partial charge in [0, 0.05) is 26.2 Å². The zero-order valence-electron chi connectivity index (χ0n) is 20.3. The molecule has 5 N–H and O–H groups in total. The molecule has 0 aliphatic carbocycles. The first kappa shape index (κ1) is 28.6. The zero-order valence-corrected chi connectivity index (χ0v) is 21.1. The van der Waals surface area contributed by atoms with Gasteiger partial charge in [-0.15, -0.1) is 0 Å². The molecule has 2 aromatic rings. The second-order valence-corrected chi connectivity index (χ2v) is 9.34. The van der Waals surface area contributed by atoms with E-state index in [4.69, 9.17) is 15.2 Å². The van der Waals surface area contributed by atoms with E-state index in [2.05, 4.69) is 19.9 Å². The predicted molar refractivity (Wildman–Crippen MR) is 130 cm³/mol. The molecule has 1 aliphatic rings. The smallest absolute Gasteiger partial charge is 0.319 e. The molecule has 1 fully saturated rings. The molecule has 14 heteroatoms. The summed E-state index contributed by atoms with van der Waals surface area (Å²) in [6.45, 7) is 4.31. The fourth-order valence-corrected chi connectivity index (χ4v) is 4.46. The minimum absolute atomic E-state index is 0.0167. The van der Waals surface area contributed by atoms with Gasteiger partial charge in [-0.1, -0.05) is 0 Å². The number of carbonyl (C=O) groups excluding carboxylic acids is 2. The van der Waals surface area contributed by atoms with Gasteiger partial charge in [-0.2, -0.15) is 4.37 Å². The molecule has 1 aromatic carbocycles. The third kappa shape index (κ3) is 8.02. The minimum Gasteiger partial charge on any atom is -0.471 e. The van der Waals surface area contributed by atoms with Gasteiger partial charge >= 0.3 is 6.03 Å². The lowest BCUT2D eigenvalue weighted by Crippen LogP contribution is -2.40. The van der Waals surface area contributed by atoms with Gasteiger partial charge < -0.3 is 25.6 Å². The van der Waals surface area contributed by atoms with E-state index in [1.165, 1.54) is 6.92 Å². The summed E-state index contributed by atoms with van der Waals surface area (Å²) in [5.41, 5.74) is 4.22. The highest BCUT2D eigenvalue weighted by Gasteiger charge is 2.24. The Morgan fingerprint density at radius 1 is 1.27 bits per heavy atom. The molecule has 10 nitrogen and oxygen atoms in total. The number of amides is 3. The Morgan fingerprint density at radius 2 is 2.00 bits per heavy atom. The highest BCUT2D eigenvalue weighted by molar-refractivity contribution is 7.11. The number of morpholine rings is 1. The number of carbonyl (C=O) groups is 2. The van der Waals surface area contributed by atoms with E-state index < -0.39 is 47.7 Å². The molecule has 1 aromatic heterocycles. The minimum atomic E-state index is -1.40. The molecule has 1 unspecified atom stereocenters. The maximum atomic E-state index is 14.1. The Labute approximate surface area is 216 Å². The number of primary amides is 1. The van der Waals surface area contributed by atoms with E-state index in [0.29, 0.717) is 57.1 Å². The fraction of sp³-hybridized carbons (Fsp3) is 0.522. The van der Waals surface area contributed by atoms with Crippen molar-refractivity contribution in [3.63, 3.8) is 0 Å². The topological polar surface area (TPSA) is 139 Å². The van der Waals surface area contributed by atoms with Crippen molar-refractivity contribution >= 4 is 28.5 Å². The molecule has 0 spiro atoms. The number of aromatic nitrogens is 1. The number of aryl methyl sites for hydroxylation is 1. The van der Waals surface area contributed by atoms with E-state index in [-0.39, 0.29) is 22.0 Å². The van der Waals surface area contributed by atoms with Crippen LogP contribution in [0.1, 0.15) is 40.7 Å². The second kappa shape index (κ2) is 13.6. The summed E-state index contributed by atoms with van der Waals surface area (Å²) in [5.74, 6) is -4.96. The van der Waals surface area contributed by atoms with Crippen LogP contribution in [0.25, 0.3) is 0 Å². The van der Waals surface area contributed by atoms with Gasteiger partial charge in [0.25, 0.3) is 5.91 Å². The van der Waals surface area contributed by atoms with Gasteiger partial charge in [0.2, 0.25) is 5.88 Å². The van der Waals surface area contributed by atoms with E-state index in [1.54, 1.807) is 0 Å². The van der Waals surface area contributed by atoms with Crippen LogP contribution in [0.15, 0.2) is 6.07 Å². The standard InChI is InChI=1S/C23H30F3N5O5S/c1-13-10-16(24)15(19(26)18(13)25)12-36-21-17(20(27)33)22(37-30-21)29-23(34)28-5-3-2-4-14(32)11-31-6-8-35-9-7-31/h10,14,32H,2-9,11-12H2,1H3,(H2,27,33)(H2,28,29,34). The number of nitrogens with zero attached hydrogens (tertiary/aromatic N) is 2. The van der Waals surface area contributed by atoms with Crippen molar-refractivity contribution in [1.82, 2.24) is 14.6 Å². The quantitative estimate of drug-likeness (QED) is 0.237. The molecular weight excluding hydrogens is 515 g/mol. The predicted octanol–water partition coefficient (Wildman–Crippen LogP) is 2.53. The first-order valence-corrected chi connectivity index (χ1v) is 12.5. The maximum Gasteiger partial charge on any atom is 0.319 e. The Hall–Kier alpha value is -2.94. The van der Waals surface area contributed by atoms with Crippen LogP contribution in [0.5, 0.6) is 5.88 Å². The molecule has 3 rings (SSSR count). The van der Waals surface area contributed by atoms with Crippen molar-refractivity contribution in [3.8, 4) is 5.88 Å².